The Hall–Kier alpha value is -1.36. The van der Waals surface area contributed by atoms with E-state index >= 15 is 0 Å². The first-order chi connectivity index (χ1) is 11.6. The van der Waals surface area contributed by atoms with Crippen molar-refractivity contribution in [3.8, 4) is 11.5 Å². The van der Waals surface area contributed by atoms with Gasteiger partial charge in [-0.15, -0.1) is 24.0 Å². The van der Waals surface area contributed by atoms with Crippen molar-refractivity contribution in [1.82, 2.24) is 10.6 Å². The van der Waals surface area contributed by atoms with Gasteiger partial charge in [0, 0.05) is 31.3 Å². The van der Waals surface area contributed by atoms with Crippen molar-refractivity contribution >= 4 is 29.9 Å². The van der Waals surface area contributed by atoms with E-state index in [9.17, 15) is 8.78 Å². The van der Waals surface area contributed by atoms with Crippen LogP contribution in [0.2, 0.25) is 0 Å². The zero-order valence-electron chi connectivity index (χ0n) is 14.7. The van der Waals surface area contributed by atoms with Crippen LogP contribution in [0.25, 0.3) is 0 Å². The van der Waals surface area contributed by atoms with Crippen LogP contribution in [0.4, 0.5) is 8.78 Å². The molecule has 0 amide bonds. The average molecular weight is 473 g/mol. The molecule has 0 aliphatic rings. The number of methoxy groups -OCH3 is 1. The Morgan fingerprint density at radius 2 is 2.00 bits per heavy atom. The van der Waals surface area contributed by atoms with Gasteiger partial charge < -0.3 is 24.8 Å². The predicted octanol–water partition coefficient (Wildman–Crippen LogP) is 3.01. The van der Waals surface area contributed by atoms with E-state index in [0.29, 0.717) is 43.6 Å². The average Bonchev–Trinajstić information content (AvgIpc) is 2.56. The first-order valence-electron chi connectivity index (χ1n) is 7.82. The summed E-state index contributed by atoms with van der Waals surface area (Å²) in [5, 5.41) is 6.19. The number of benzene rings is 1. The van der Waals surface area contributed by atoms with Crippen molar-refractivity contribution in [2.75, 3.05) is 33.4 Å². The number of rotatable bonds is 10. The van der Waals surface area contributed by atoms with Crippen LogP contribution in [-0.4, -0.2) is 46.0 Å². The fourth-order valence-corrected chi connectivity index (χ4v) is 1.89. The van der Waals surface area contributed by atoms with Crippen LogP contribution in [0.15, 0.2) is 23.2 Å². The summed E-state index contributed by atoms with van der Waals surface area (Å²) in [6, 6.07) is 4.76. The molecule has 0 radical (unpaired) electrons. The number of ether oxygens (including phenoxy) is 3. The van der Waals surface area contributed by atoms with Gasteiger partial charge >= 0.3 is 6.61 Å². The molecule has 25 heavy (non-hydrogen) atoms. The van der Waals surface area contributed by atoms with Crippen molar-refractivity contribution in [2.45, 2.75) is 27.0 Å². The van der Waals surface area contributed by atoms with E-state index in [0.717, 1.165) is 0 Å². The van der Waals surface area contributed by atoms with Gasteiger partial charge in [-0.3, -0.25) is 0 Å². The molecule has 0 saturated carbocycles. The van der Waals surface area contributed by atoms with Crippen molar-refractivity contribution in [3.63, 3.8) is 0 Å². The van der Waals surface area contributed by atoms with Crippen molar-refractivity contribution in [2.24, 2.45) is 4.99 Å². The molecule has 1 aromatic rings. The number of hydrogen-bond donors (Lipinski definition) is 2. The first kappa shape index (κ1) is 23.6. The SMILES string of the molecule is CCNC(=NCc1ccc(OC)cc1OC(F)F)NCCOCC.I. The van der Waals surface area contributed by atoms with Gasteiger partial charge in [0.25, 0.3) is 0 Å². The zero-order valence-corrected chi connectivity index (χ0v) is 17.0. The van der Waals surface area contributed by atoms with E-state index in [1.54, 1.807) is 12.1 Å². The maximum Gasteiger partial charge on any atom is 0.387 e. The van der Waals surface area contributed by atoms with Gasteiger partial charge in [0.15, 0.2) is 5.96 Å². The molecule has 2 N–H and O–H groups in total. The lowest BCUT2D eigenvalue weighted by atomic mass is 10.2. The van der Waals surface area contributed by atoms with E-state index in [1.165, 1.54) is 13.2 Å². The quantitative estimate of drug-likeness (QED) is 0.237. The van der Waals surface area contributed by atoms with Gasteiger partial charge in [0.05, 0.1) is 20.3 Å². The molecule has 0 spiro atoms. The van der Waals surface area contributed by atoms with Crippen molar-refractivity contribution < 1.29 is 23.0 Å². The number of aliphatic imine (C=N–C) groups is 1. The molecule has 144 valence electrons. The molecular weight excluding hydrogens is 447 g/mol. The maximum atomic E-state index is 12.6. The molecule has 1 aromatic carbocycles. The van der Waals surface area contributed by atoms with Crippen LogP contribution < -0.4 is 20.1 Å². The van der Waals surface area contributed by atoms with Gasteiger partial charge in [-0.25, -0.2) is 4.99 Å². The van der Waals surface area contributed by atoms with E-state index in [4.69, 9.17) is 9.47 Å². The van der Waals surface area contributed by atoms with E-state index in [-0.39, 0.29) is 36.3 Å². The Kier molecular flexibility index (Phi) is 13.1. The molecule has 0 aliphatic carbocycles. The summed E-state index contributed by atoms with van der Waals surface area (Å²) in [4.78, 5) is 4.38. The highest BCUT2D eigenvalue weighted by Crippen LogP contribution is 2.27. The third-order valence-electron chi connectivity index (χ3n) is 2.99. The van der Waals surface area contributed by atoms with Crippen molar-refractivity contribution in [1.29, 1.82) is 0 Å². The normalized spacial score (nSPS) is 11.0. The molecular formula is C16H26F2IN3O3. The molecule has 0 unspecified atom stereocenters. The lowest BCUT2D eigenvalue weighted by Gasteiger charge is -2.13. The summed E-state index contributed by atoms with van der Waals surface area (Å²) < 4.78 is 39.9. The van der Waals surface area contributed by atoms with Gasteiger partial charge in [-0.1, -0.05) is 0 Å². The zero-order chi connectivity index (χ0) is 17.8. The minimum atomic E-state index is -2.91. The third kappa shape index (κ3) is 9.63. The van der Waals surface area contributed by atoms with Crippen LogP contribution in [0.3, 0.4) is 0 Å². The molecule has 6 nitrogen and oxygen atoms in total. The van der Waals surface area contributed by atoms with Crippen LogP contribution in [0.5, 0.6) is 11.5 Å². The number of hydrogen-bond acceptors (Lipinski definition) is 4. The number of guanidine groups is 1. The molecule has 0 aromatic heterocycles. The summed E-state index contributed by atoms with van der Waals surface area (Å²) in [5.74, 6) is 1.08. The summed E-state index contributed by atoms with van der Waals surface area (Å²) in [5.41, 5.74) is 0.540. The van der Waals surface area contributed by atoms with E-state index in [1.807, 2.05) is 13.8 Å². The van der Waals surface area contributed by atoms with Crippen LogP contribution in [0, 0.1) is 0 Å². The fourth-order valence-electron chi connectivity index (χ4n) is 1.89. The third-order valence-corrected chi connectivity index (χ3v) is 2.99. The monoisotopic (exact) mass is 473 g/mol. The summed E-state index contributed by atoms with van der Waals surface area (Å²) in [6.45, 7) is 3.64. The highest BCUT2D eigenvalue weighted by molar-refractivity contribution is 14.0. The molecule has 0 fully saturated rings. The van der Waals surface area contributed by atoms with E-state index in [2.05, 4.69) is 20.4 Å². The summed E-state index contributed by atoms with van der Waals surface area (Å²) in [6.07, 6.45) is 0. The second-order valence-electron chi connectivity index (χ2n) is 4.67. The molecule has 0 bridgehead atoms. The van der Waals surface area contributed by atoms with E-state index < -0.39 is 6.61 Å². The Labute approximate surface area is 164 Å². The van der Waals surface area contributed by atoms with Crippen molar-refractivity contribution in [3.05, 3.63) is 23.8 Å². The van der Waals surface area contributed by atoms with Gasteiger partial charge in [0.2, 0.25) is 0 Å². The van der Waals surface area contributed by atoms with Crippen LogP contribution in [0.1, 0.15) is 19.4 Å². The Morgan fingerprint density at radius 3 is 2.60 bits per heavy atom. The van der Waals surface area contributed by atoms with Gasteiger partial charge in [0.1, 0.15) is 11.5 Å². The topological polar surface area (TPSA) is 64.1 Å². The second-order valence-corrected chi connectivity index (χ2v) is 4.67. The fraction of sp³-hybridized carbons (Fsp3) is 0.562. The standard InChI is InChI=1S/C16H25F2N3O3.HI/c1-4-19-16(20-8-9-23-5-2)21-11-12-6-7-13(22-3)10-14(12)24-15(17)18;/h6-7,10,15H,4-5,8-9,11H2,1-3H3,(H2,19,20,21);1H. The Balaban J connectivity index is 0.00000576. The number of nitrogens with one attached hydrogen (secondary N) is 2. The smallest absolute Gasteiger partial charge is 0.387 e. The number of nitrogens with zero attached hydrogens (tertiary/aromatic N) is 1. The van der Waals surface area contributed by atoms with Crippen LogP contribution >= 0.6 is 24.0 Å². The molecule has 0 saturated heterocycles. The Morgan fingerprint density at radius 1 is 1.24 bits per heavy atom. The van der Waals surface area contributed by atoms with Gasteiger partial charge in [-0.05, 0) is 26.0 Å². The van der Waals surface area contributed by atoms with Crippen LogP contribution in [-0.2, 0) is 11.3 Å². The minimum Gasteiger partial charge on any atom is -0.497 e. The lowest BCUT2D eigenvalue weighted by molar-refractivity contribution is -0.0505. The molecule has 0 heterocycles. The summed E-state index contributed by atoms with van der Waals surface area (Å²) in [7, 11) is 1.46. The number of alkyl halides is 2. The minimum absolute atomic E-state index is 0. The lowest BCUT2D eigenvalue weighted by Crippen LogP contribution is -2.39. The highest BCUT2D eigenvalue weighted by atomic mass is 127. The predicted molar refractivity (Wildman–Crippen MR) is 104 cm³/mol. The summed E-state index contributed by atoms with van der Waals surface area (Å²) >= 11 is 0. The second kappa shape index (κ2) is 13.9. The Bertz CT molecular complexity index is 519. The molecule has 9 heteroatoms. The maximum absolute atomic E-state index is 12.6. The molecule has 1 rings (SSSR count). The first-order valence-corrected chi connectivity index (χ1v) is 7.82. The molecule has 0 atom stereocenters. The number of halogens is 3. The van der Waals surface area contributed by atoms with Gasteiger partial charge in [-0.2, -0.15) is 8.78 Å². The molecule has 0 aliphatic heterocycles. The largest absolute Gasteiger partial charge is 0.497 e. The highest BCUT2D eigenvalue weighted by Gasteiger charge is 2.11.